The fraction of sp³-hybridized carbons (Fsp3) is 0.429. The lowest BCUT2D eigenvalue weighted by Crippen LogP contribution is -2.66. The fourth-order valence-corrected chi connectivity index (χ4v) is 6.05. The molecule has 2 aliphatic carbocycles. The highest BCUT2D eigenvalue weighted by molar-refractivity contribution is 6.73. The first-order valence-corrected chi connectivity index (χ1v) is 11.8. The van der Waals surface area contributed by atoms with Gasteiger partial charge >= 0.3 is 6.92 Å². The van der Waals surface area contributed by atoms with Gasteiger partial charge in [0.2, 0.25) is 0 Å². The van der Waals surface area contributed by atoms with Gasteiger partial charge in [0.25, 0.3) is 0 Å². The fourth-order valence-electron chi connectivity index (χ4n) is 5.80. The average molecular weight is 431 g/mol. The maximum absolute atomic E-state index is 6.61. The van der Waals surface area contributed by atoms with Crippen molar-refractivity contribution in [2.24, 2.45) is 5.92 Å². The Kier molecular flexibility index (Phi) is 4.51. The van der Waals surface area contributed by atoms with Crippen molar-refractivity contribution in [1.29, 1.82) is 0 Å². The molecule has 160 valence electrons. The molecule has 1 fully saturated rings. The van der Waals surface area contributed by atoms with Gasteiger partial charge in [-0.05, 0) is 72.0 Å². The topological polar surface area (TPSA) is 9.23 Å². The SMILES string of the molecule is CC1=CC2C(C=C1)c1ccc(-c3cc(Cl)cc(B4OC(C)(C)C4(C)C)c3)cc1C2(C)C. The quantitative estimate of drug-likeness (QED) is 0.454. The highest BCUT2D eigenvalue weighted by Gasteiger charge is 2.59. The molecule has 0 N–H and O–H groups in total. The molecule has 31 heavy (non-hydrogen) atoms. The van der Waals surface area contributed by atoms with Crippen LogP contribution in [0.5, 0.6) is 0 Å². The lowest BCUT2D eigenvalue weighted by molar-refractivity contribution is -0.00939. The van der Waals surface area contributed by atoms with E-state index in [-0.39, 0.29) is 23.2 Å². The van der Waals surface area contributed by atoms with Crippen molar-refractivity contribution in [3.8, 4) is 11.1 Å². The Morgan fingerprint density at radius 3 is 2.35 bits per heavy atom. The van der Waals surface area contributed by atoms with Crippen molar-refractivity contribution in [2.45, 2.75) is 70.7 Å². The lowest BCUT2D eigenvalue weighted by atomic mass is 9.33. The van der Waals surface area contributed by atoms with Crippen LogP contribution in [0.1, 0.15) is 65.5 Å². The predicted molar refractivity (Wildman–Crippen MR) is 134 cm³/mol. The molecule has 0 bridgehead atoms. The molecule has 3 aliphatic rings. The van der Waals surface area contributed by atoms with Gasteiger partial charge in [-0.25, -0.2) is 0 Å². The molecule has 1 aliphatic heterocycles. The molecule has 3 heteroatoms. The number of halogens is 1. The van der Waals surface area contributed by atoms with E-state index in [0.29, 0.717) is 11.8 Å². The van der Waals surface area contributed by atoms with Crippen molar-refractivity contribution in [2.75, 3.05) is 0 Å². The van der Waals surface area contributed by atoms with Gasteiger partial charge in [0.05, 0.1) is 0 Å². The summed E-state index contributed by atoms with van der Waals surface area (Å²) in [6, 6.07) is 13.4. The molecule has 2 aromatic carbocycles. The standard InChI is InChI=1S/C28H32BClO/c1-17-8-10-22-23-11-9-18(15-25(23)26(2,3)24(22)12-17)19-13-20(16-21(30)14-19)29-27(4,5)28(6,7)31-29/h8-16,22,24H,1-7H3. The van der Waals surface area contributed by atoms with Gasteiger partial charge < -0.3 is 4.65 Å². The third-order valence-electron chi connectivity index (χ3n) is 8.51. The number of hydrogen-bond acceptors (Lipinski definition) is 1. The van der Waals surface area contributed by atoms with Gasteiger partial charge in [-0.1, -0.05) is 87.4 Å². The van der Waals surface area contributed by atoms with Gasteiger partial charge in [0.15, 0.2) is 0 Å². The molecule has 2 unspecified atom stereocenters. The summed E-state index contributed by atoms with van der Waals surface area (Å²) in [5, 5.41) is 0.827. The Balaban J connectivity index is 1.56. The second-order valence-electron chi connectivity index (χ2n) is 11.3. The van der Waals surface area contributed by atoms with E-state index in [1.54, 1.807) is 0 Å². The van der Waals surface area contributed by atoms with Crippen LogP contribution in [-0.4, -0.2) is 12.5 Å². The van der Waals surface area contributed by atoms with Crippen molar-refractivity contribution in [3.05, 3.63) is 76.3 Å². The Morgan fingerprint density at radius 2 is 1.68 bits per heavy atom. The minimum absolute atomic E-state index is 0.0566. The van der Waals surface area contributed by atoms with Crippen LogP contribution in [0.25, 0.3) is 11.1 Å². The molecule has 0 radical (unpaired) electrons. The highest BCUT2D eigenvalue weighted by Crippen LogP contribution is 2.55. The molecule has 2 aromatic rings. The molecule has 0 saturated carbocycles. The van der Waals surface area contributed by atoms with Crippen LogP contribution < -0.4 is 5.46 Å². The zero-order valence-corrected chi connectivity index (χ0v) is 20.5. The molecule has 1 nitrogen and oxygen atoms in total. The second kappa shape index (κ2) is 6.62. The van der Waals surface area contributed by atoms with E-state index in [4.69, 9.17) is 16.3 Å². The molecular weight excluding hydrogens is 399 g/mol. The summed E-state index contributed by atoms with van der Waals surface area (Å²) in [5.74, 6) is 0.994. The molecule has 0 aromatic heterocycles. The van der Waals surface area contributed by atoms with Gasteiger partial charge in [0, 0.05) is 21.9 Å². The number of hydrogen-bond donors (Lipinski definition) is 0. The van der Waals surface area contributed by atoms with E-state index in [9.17, 15) is 0 Å². The van der Waals surface area contributed by atoms with E-state index < -0.39 is 0 Å². The van der Waals surface area contributed by atoms with Crippen molar-refractivity contribution < 1.29 is 4.65 Å². The van der Waals surface area contributed by atoms with Crippen LogP contribution in [0.3, 0.4) is 0 Å². The van der Waals surface area contributed by atoms with Crippen molar-refractivity contribution in [3.63, 3.8) is 0 Å². The summed E-state index contributed by atoms with van der Waals surface area (Å²) in [6.45, 7) is 15.9. The van der Waals surface area contributed by atoms with Crippen molar-refractivity contribution >= 4 is 24.0 Å². The Morgan fingerprint density at radius 1 is 0.935 bits per heavy atom. The predicted octanol–water partition coefficient (Wildman–Crippen LogP) is 7.30. The lowest BCUT2D eigenvalue weighted by Gasteiger charge is -2.57. The number of benzene rings is 2. The van der Waals surface area contributed by atoms with E-state index in [1.807, 2.05) is 0 Å². The summed E-state index contributed by atoms with van der Waals surface area (Å²) in [6.07, 6.45) is 7.12. The number of allylic oxidation sites excluding steroid dienone is 4. The van der Waals surface area contributed by atoms with E-state index in [2.05, 4.69) is 103 Å². The van der Waals surface area contributed by atoms with Crippen molar-refractivity contribution in [1.82, 2.24) is 0 Å². The normalized spacial score (nSPS) is 26.7. The molecule has 5 rings (SSSR count). The van der Waals surface area contributed by atoms with Gasteiger partial charge in [-0.15, -0.1) is 0 Å². The van der Waals surface area contributed by atoms with Gasteiger partial charge in [-0.2, -0.15) is 0 Å². The summed E-state index contributed by atoms with van der Waals surface area (Å²) in [4.78, 5) is 0. The first-order chi connectivity index (χ1) is 14.4. The Hall–Kier alpha value is -1.77. The van der Waals surface area contributed by atoms with Crippen LogP contribution in [0.2, 0.25) is 10.3 Å². The highest BCUT2D eigenvalue weighted by atomic mass is 35.5. The van der Waals surface area contributed by atoms with Crippen LogP contribution in [-0.2, 0) is 10.1 Å². The van der Waals surface area contributed by atoms with Crippen LogP contribution in [0, 0.1) is 5.92 Å². The Labute approximate surface area is 192 Å². The minimum Gasteiger partial charge on any atom is -0.425 e. The number of rotatable bonds is 2. The summed E-state index contributed by atoms with van der Waals surface area (Å²) in [7, 11) is 0. The molecular formula is C28H32BClO. The van der Waals surface area contributed by atoms with Crippen LogP contribution in [0.4, 0.5) is 0 Å². The molecule has 1 heterocycles. The van der Waals surface area contributed by atoms with Gasteiger partial charge in [0.1, 0.15) is 0 Å². The summed E-state index contributed by atoms with van der Waals surface area (Å²) >= 11 is 6.61. The smallest absolute Gasteiger partial charge is 0.335 e. The maximum Gasteiger partial charge on any atom is 0.335 e. The third kappa shape index (κ3) is 3.02. The minimum atomic E-state index is -0.132. The number of fused-ring (bicyclic) bond motifs is 3. The van der Waals surface area contributed by atoms with E-state index in [1.165, 1.54) is 33.3 Å². The second-order valence-corrected chi connectivity index (χ2v) is 11.8. The molecule has 0 amide bonds. The first kappa shape index (κ1) is 21.1. The Bertz CT molecular complexity index is 1140. The molecule has 0 spiro atoms. The van der Waals surface area contributed by atoms with E-state index >= 15 is 0 Å². The average Bonchev–Trinajstić information content (AvgIpc) is 2.92. The van der Waals surface area contributed by atoms with Gasteiger partial charge in [-0.3, -0.25) is 0 Å². The molecule has 2 atom stereocenters. The first-order valence-electron chi connectivity index (χ1n) is 11.4. The maximum atomic E-state index is 6.61. The molecule has 1 saturated heterocycles. The zero-order chi connectivity index (χ0) is 22.3. The van der Waals surface area contributed by atoms with Crippen LogP contribution in [0.15, 0.2) is 60.2 Å². The summed E-state index contributed by atoms with van der Waals surface area (Å²) in [5.41, 5.74) is 7.83. The largest absolute Gasteiger partial charge is 0.425 e. The monoisotopic (exact) mass is 430 g/mol. The summed E-state index contributed by atoms with van der Waals surface area (Å²) < 4.78 is 6.28. The van der Waals surface area contributed by atoms with E-state index in [0.717, 1.165) is 5.02 Å². The third-order valence-corrected chi connectivity index (χ3v) is 8.73. The zero-order valence-electron chi connectivity index (χ0n) is 19.7. The van der Waals surface area contributed by atoms with Crippen LogP contribution >= 0.6 is 11.6 Å².